The molecule has 1 N–H and O–H groups in total. The van der Waals surface area contributed by atoms with Crippen LogP contribution in [0.1, 0.15) is 57.4 Å². The third-order valence-corrected chi connectivity index (χ3v) is 4.38. The van der Waals surface area contributed by atoms with Crippen molar-refractivity contribution >= 4 is 15.9 Å². The van der Waals surface area contributed by atoms with Gasteiger partial charge in [-0.1, -0.05) is 54.8 Å². The predicted molar refractivity (Wildman–Crippen MR) is 86.6 cm³/mol. The smallest absolute Gasteiger partial charge is 0.0178 e. The van der Waals surface area contributed by atoms with Gasteiger partial charge in [-0.15, -0.1) is 0 Å². The number of benzene rings is 1. The minimum Gasteiger partial charge on any atom is -0.313 e. The van der Waals surface area contributed by atoms with Gasteiger partial charge in [-0.25, -0.2) is 0 Å². The highest BCUT2D eigenvalue weighted by molar-refractivity contribution is 9.10. The summed E-state index contributed by atoms with van der Waals surface area (Å²) < 4.78 is 1.20. The van der Waals surface area contributed by atoms with Crippen molar-refractivity contribution in [2.24, 2.45) is 5.92 Å². The Hall–Kier alpha value is -0.340. The average Bonchev–Trinajstić information content (AvgIpc) is 3.17. The summed E-state index contributed by atoms with van der Waals surface area (Å²) in [5, 5.41) is 3.70. The Balaban J connectivity index is 1.91. The molecular weight excluding hydrogens is 298 g/mol. The van der Waals surface area contributed by atoms with Crippen molar-refractivity contribution in [2.45, 2.75) is 57.9 Å². The van der Waals surface area contributed by atoms with Gasteiger partial charge in [-0.05, 0) is 48.8 Å². The van der Waals surface area contributed by atoms with Crippen LogP contribution < -0.4 is 5.32 Å². The van der Waals surface area contributed by atoms with E-state index in [0.29, 0.717) is 5.92 Å². The Morgan fingerprint density at radius 2 is 2.05 bits per heavy atom. The van der Waals surface area contributed by atoms with Crippen molar-refractivity contribution < 1.29 is 0 Å². The van der Waals surface area contributed by atoms with Crippen molar-refractivity contribution in [1.82, 2.24) is 5.32 Å². The Morgan fingerprint density at radius 1 is 1.26 bits per heavy atom. The summed E-state index contributed by atoms with van der Waals surface area (Å²) in [7, 11) is 0. The highest BCUT2D eigenvalue weighted by atomic mass is 79.9. The molecule has 1 aliphatic carbocycles. The van der Waals surface area contributed by atoms with Crippen LogP contribution >= 0.6 is 15.9 Å². The Morgan fingerprint density at radius 3 is 2.68 bits per heavy atom. The highest BCUT2D eigenvalue weighted by Crippen LogP contribution is 2.27. The number of halogens is 1. The molecule has 2 rings (SSSR count). The Kier molecular flexibility index (Phi) is 5.90. The van der Waals surface area contributed by atoms with Gasteiger partial charge < -0.3 is 5.32 Å². The fourth-order valence-electron chi connectivity index (χ4n) is 2.52. The molecule has 1 nitrogen and oxygen atoms in total. The van der Waals surface area contributed by atoms with E-state index in [1.54, 1.807) is 0 Å². The summed E-state index contributed by atoms with van der Waals surface area (Å²) in [6, 6.07) is 9.64. The molecule has 1 saturated carbocycles. The quantitative estimate of drug-likeness (QED) is 0.700. The van der Waals surface area contributed by atoms with Crippen LogP contribution in [-0.4, -0.2) is 12.6 Å². The third kappa shape index (κ3) is 5.66. The van der Waals surface area contributed by atoms with Crippen molar-refractivity contribution in [2.75, 3.05) is 6.54 Å². The normalized spacial score (nSPS) is 16.8. The molecule has 106 valence electrons. The van der Waals surface area contributed by atoms with Crippen LogP contribution in [0.25, 0.3) is 0 Å². The zero-order valence-electron chi connectivity index (χ0n) is 12.2. The highest BCUT2D eigenvalue weighted by Gasteiger charge is 2.22. The van der Waals surface area contributed by atoms with E-state index in [2.05, 4.69) is 59.4 Å². The van der Waals surface area contributed by atoms with Crippen molar-refractivity contribution in [1.29, 1.82) is 0 Å². The first kappa shape index (κ1) is 15.1. The molecule has 19 heavy (non-hydrogen) atoms. The van der Waals surface area contributed by atoms with E-state index in [-0.39, 0.29) is 0 Å². The van der Waals surface area contributed by atoms with Gasteiger partial charge in [0.25, 0.3) is 0 Å². The fraction of sp³-hybridized carbons (Fsp3) is 0.647. The molecule has 0 saturated heterocycles. The molecule has 2 heteroatoms. The maximum Gasteiger partial charge on any atom is 0.0178 e. The summed E-state index contributed by atoms with van der Waals surface area (Å²) >= 11 is 3.59. The molecule has 0 amide bonds. The molecule has 1 fully saturated rings. The second kappa shape index (κ2) is 7.44. The lowest BCUT2D eigenvalue weighted by molar-refractivity contribution is 0.479. The molecule has 0 aromatic heterocycles. The second-order valence-corrected chi connectivity index (χ2v) is 7.17. The van der Waals surface area contributed by atoms with E-state index in [0.717, 1.165) is 18.5 Å². The SMILES string of the molecule is CC(C)CCCC(CNC1CC1)c1cccc(Br)c1. The van der Waals surface area contributed by atoms with Crippen LogP contribution in [-0.2, 0) is 0 Å². The van der Waals surface area contributed by atoms with E-state index in [4.69, 9.17) is 0 Å². The molecule has 1 atom stereocenters. The zero-order chi connectivity index (χ0) is 13.7. The van der Waals surface area contributed by atoms with E-state index in [9.17, 15) is 0 Å². The van der Waals surface area contributed by atoms with Crippen LogP contribution in [0.5, 0.6) is 0 Å². The molecular formula is C17H26BrN. The average molecular weight is 324 g/mol. The molecule has 0 spiro atoms. The van der Waals surface area contributed by atoms with Gasteiger partial charge in [0.2, 0.25) is 0 Å². The van der Waals surface area contributed by atoms with Gasteiger partial charge in [0.1, 0.15) is 0 Å². The summed E-state index contributed by atoms with van der Waals surface area (Å²) in [6.45, 7) is 5.77. The van der Waals surface area contributed by atoms with Crippen LogP contribution in [0.15, 0.2) is 28.7 Å². The Labute approximate surface area is 126 Å². The van der Waals surface area contributed by atoms with Crippen molar-refractivity contribution in [3.05, 3.63) is 34.3 Å². The summed E-state index contributed by atoms with van der Waals surface area (Å²) in [6.07, 6.45) is 6.72. The van der Waals surface area contributed by atoms with Crippen molar-refractivity contribution in [3.8, 4) is 0 Å². The van der Waals surface area contributed by atoms with E-state index in [1.807, 2.05) is 0 Å². The van der Waals surface area contributed by atoms with Gasteiger partial charge in [-0.2, -0.15) is 0 Å². The van der Waals surface area contributed by atoms with Gasteiger partial charge in [-0.3, -0.25) is 0 Å². The number of hydrogen-bond acceptors (Lipinski definition) is 1. The third-order valence-electron chi connectivity index (χ3n) is 3.88. The lowest BCUT2D eigenvalue weighted by Crippen LogP contribution is -2.23. The topological polar surface area (TPSA) is 12.0 Å². The van der Waals surface area contributed by atoms with Crippen LogP contribution in [0.2, 0.25) is 0 Å². The standard InChI is InChI=1S/C17H26BrN/c1-13(2)5-3-7-15(12-19-17-9-10-17)14-6-4-8-16(18)11-14/h4,6,8,11,13,15,17,19H,3,5,7,9-10,12H2,1-2H3. The first-order valence-corrected chi connectivity index (χ1v) is 8.43. The van der Waals surface area contributed by atoms with Crippen LogP contribution in [0.3, 0.4) is 0 Å². The minimum absolute atomic E-state index is 0.664. The maximum absolute atomic E-state index is 3.70. The monoisotopic (exact) mass is 323 g/mol. The first-order valence-electron chi connectivity index (χ1n) is 7.64. The first-order chi connectivity index (χ1) is 9.15. The summed E-state index contributed by atoms with van der Waals surface area (Å²) in [4.78, 5) is 0. The fourth-order valence-corrected chi connectivity index (χ4v) is 2.93. The number of nitrogens with one attached hydrogen (secondary N) is 1. The molecule has 0 radical (unpaired) electrons. The van der Waals surface area contributed by atoms with Gasteiger partial charge >= 0.3 is 0 Å². The predicted octanol–water partition coefficient (Wildman–Crippen LogP) is 5.11. The van der Waals surface area contributed by atoms with Crippen LogP contribution in [0, 0.1) is 5.92 Å². The van der Waals surface area contributed by atoms with Crippen LogP contribution in [0.4, 0.5) is 0 Å². The Bertz CT molecular complexity index is 385. The number of hydrogen-bond donors (Lipinski definition) is 1. The van der Waals surface area contributed by atoms with E-state index in [1.165, 1.54) is 42.1 Å². The van der Waals surface area contributed by atoms with Gasteiger partial charge in [0, 0.05) is 17.1 Å². The second-order valence-electron chi connectivity index (χ2n) is 6.26. The molecule has 1 aromatic rings. The van der Waals surface area contributed by atoms with E-state index >= 15 is 0 Å². The van der Waals surface area contributed by atoms with Crippen molar-refractivity contribution in [3.63, 3.8) is 0 Å². The lowest BCUT2D eigenvalue weighted by atomic mass is 9.92. The molecule has 0 aliphatic heterocycles. The molecule has 0 bridgehead atoms. The van der Waals surface area contributed by atoms with Gasteiger partial charge in [0.05, 0.1) is 0 Å². The molecule has 0 heterocycles. The summed E-state index contributed by atoms with van der Waals surface area (Å²) in [5.74, 6) is 1.48. The number of rotatable bonds is 8. The van der Waals surface area contributed by atoms with E-state index < -0.39 is 0 Å². The maximum atomic E-state index is 3.70. The lowest BCUT2D eigenvalue weighted by Gasteiger charge is -2.19. The summed E-state index contributed by atoms with van der Waals surface area (Å²) in [5.41, 5.74) is 1.48. The zero-order valence-corrected chi connectivity index (χ0v) is 13.7. The molecule has 1 aromatic carbocycles. The minimum atomic E-state index is 0.664. The van der Waals surface area contributed by atoms with Gasteiger partial charge in [0.15, 0.2) is 0 Å². The molecule has 1 unspecified atom stereocenters. The largest absolute Gasteiger partial charge is 0.313 e. The molecule has 1 aliphatic rings.